The fourth-order valence-electron chi connectivity index (χ4n) is 1.81. The van der Waals surface area contributed by atoms with Crippen LogP contribution in [0.5, 0.6) is 0 Å². The number of hydrogen-bond donors (Lipinski definition) is 1. The summed E-state index contributed by atoms with van der Waals surface area (Å²) < 4.78 is 5.45. The molecule has 1 atom stereocenters. The predicted octanol–water partition coefficient (Wildman–Crippen LogP) is 1.92. The van der Waals surface area contributed by atoms with E-state index in [1.165, 1.54) is 0 Å². The molecule has 1 rings (SSSR count). The van der Waals surface area contributed by atoms with Crippen LogP contribution >= 0.6 is 0 Å². The molecule has 0 aromatic carbocycles. The lowest BCUT2D eigenvalue weighted by Gasteiger charge is -2.20. The number of hydrogen-bond acceptors (Lipinski definition) is 3. The van der Waals surface area contributed by atoms with Crippen molar-refractivity contribution in [3.05, 3.63) is 23.7 Å². The minimum Gasteiger partial charge on any atom is -0.464 e. The highest BCUT2D eigenvalue weighted by Gasteiger charge is 2.17. The van der Waals surface area contributed by atoms with E-state index in [-0.39, 0.29) is 11.8 Å². The topological polar surface area (TPSA) is 59.5 Å². The van der Waals surface area contributed by atoms with Gasteiger partial charge in [-0.05, 0) is 38.4 Å². The largest absolute Gasteiger partial charge is 0.464 e. The van der Waals surface area contributed by atoms with Gasteiger partial charge in [-0.15, -0.1) is 0 Å². The molecular weight excluding hydrogens is 216 g/mol. The Morgan fingerprint density at radius 1 is 1.53 bits per heavy atom. The smallest absolute Gasteiger partial charge is 0.225 e. The van der Waals surface area contributed by atoms with Crippen LogP contribution in [0.4, 0.5) is 0 Å². The van der Waals surface area contributed by atoms with Crippen LogP contribution < -0.4 is 5.73 Å². The Morgan fingerprint density at radius 2 is 2.24 bits per heavy atom. The fourth-order valence-corrected chi connectivity index (χ4v) is 1.81. The van der Waals surface area contributed by atoms with Crippen molar-refractivity contribution in [3.63, 3.8) is 0 Å². The Bertz CT molecular complexity index is 360. The van der Waals surface area contributed by atoms with Crippen LogP contribution in [0.3, 0.4) is 0 Å². The second-order valence-corrected chi connectivity index (χ2v) is 4.54. The highest BCUT2D eigenvalue weighted by atomic mass is 16.3. The lowest BCUT2D eigenvalue weighted by atomic mass is 10.0. The molecule has 0 aliphatic heterocycles. The highest BCUT2D eigenvalue weighted by molar-refractivity contribution is 5.78. The third-order valence-electron chi connectivity index (χ3n) is 2.83. The first-order valence-corrected chi connectivity index (χ1v) is 6.05. The first kappa shape index (κ1) is 13.8. The quantitative estimate of drug-likeness (QED) is 0.823. The number of rotatable bonds is 6. The Hall–Kier alpha value is -1.29. The third-order valence-corrected chi connectivity index (χ3v) is 2.83. The summed E-state index contributed by atoms with van der Waals surface area (Å²) in [5.41, 5.74) is 5.44. The molecule has 0 aliphatic carbocycles. The molecule has 1 aromatic rings. The van der Waals surface area contributed by atoms with E-state index in [0.717, 1.165) is 24.4 Å². The van der Waals surface area contributed by atoms with Gasteiger partial charge in [0.2, 0.25) is 5.91 Å². The summed E-state index contributed by atoms with van der Waals surface area (Å²) in [5.74, 6) is 1.87. The zero-order chi connectivity index (χ0) is 12.8. The van der Waals surface area contributed by atoms with Crippen LogP contribution in [-0.4, -0.2) is 24.4 Å². The van der Waals surface area contributed by atoms with E-state index < -0.39 is 0 Å². The van der Waals surface area contributed by atoms with E-state index >= 15 is 0 Å². The molecule has 2 N–H and O–H groups in total. The Labute approximate surface area is 103 Å². The molecule has 96 valence electrons. The summed E-state index contributed by atoms with van der Waals surface area (Å²) in [5, 5.41) is 0. The predicted molar refractivity (Wildman–Crippen MR) is 67.4 cm³/mol. The maximum absolute atomic E-state index is 12.0. The summed E-state index contributed by atoms with van der Waals surface area (Å²) in [4.78, 5) is 13.7. The van der Waals surface area contributed by atoms with Gasteiger partial charge in [-0.25, -0.2) is 0 Å². The molecular formula is C13H22N2O2. The zero-order valence-corrected chi connectivity index (χ0v) is 10.9. The molecule has 0 radical (unpaired) electrons. The standard InChI is InChI=1S/C13H22N2O2/c1-10(5-4-8-14)13(16)15(3)9-12-7-6-11(2)17-12/h6-7,10H,4-5,8-9,14H2,1-3H3. The zero-order valence-electron chi connectivity index (χ0n) is 10.9. The minimum atomic E-state index is 0.0274. The van der Waals surface area contributed by atoms with Crippen molar-refractivity contribution < 1.29 is 9.21 Å². The van der Waals surface area contributed by atoms with Crippen LogP contribution in [0.25, 0.3) is 0 Å². The van der Waals surface area contributed by atoms with Gasteiger partial charge in [0, 0.05) is 13.0 Å². The van der Waals surface area contributed by atoms with Gasteiger partial charge >= 0.3 is 0 Å². The van der Waals surface area contributed by atoms with Crippen molar-refractivity contribution in [1.29, 1.82) is 0 Å². The number of nitrogens with zero attached hydrogens (tertiary/aromatic N) is 1. The van der Waals surface area contributed by atoms with Gasteiger partial charge < -0.3 is 15.1 Å². The average Bonchev–Trinajstić information content (AvgIpc) is 2.70. The number of amides is 1. The number of furan rings is 1. The van der Waals surface area contributed by atoms with Crippen molar-refractivity contribution in [2.75, 3.05) is 13.6 Å². The van der Waals surface area contributed by atoms with Crippen molar-refractivity contribution >= 4 is 5.91 Å². The molecule has 0 saturated heterocycles. The number of carbonyl (C=O) groups is 1. The molecule has 0 aliphatic rings. The molecule has 1 heterocycles. The lowest BCUT2D eigenvalue weighted by Crippen LogP contribution is -2.31. The average molecular weight is 238 g/mol. The molecule has 0 bridgehead atoms. The van der Waals surface area contributed by atoms with Crippen LogP contribution in [0.1, 0.15) is 31.3 Å². The van der Waals surface area contributed by atoms with Gasteiger partial charge in [-0.2, -0.15) is 0 Å². The molecule has 4 heteroatoms. The lowest BCUT2D eigenvalue weighted by molar-refractivity contribution is -0.134. The first-order valence-electron chi connectivity index (χ1n) is 6.05. The SMILES string of the molecule is Cc1ccc(CN(C)C(=O)C(C)CCCN)o1. The molecule has 0 fully saturated rings. The second-order valence-electron chi connectivity index (χ2n) is 4.54. The summed E-state index contributed by atoms with van der Waals surface area (Å²) in [6.07, 6.45) is 1.73. The van der Waals surface area contributed by atoms with Gasteiger partial charge in [-0.1, -0.05) is 6.92 Å². The summed E-state index contributed by atoms with van der Waals surface area (Å²) in [7, 11) is 1.80. The molecule has 1 amide bonds. The number of nitrogens with two attached hydrogens (primary N) is 1. The Morgan fingerprint density at radius 3 is 2.76 bits per heavy atom. The van der Waals surface area contributed by atoms with Gasteiger partial charge in [0.1, 0.15) is 11.5 Å². The summed E-state index contributed by atoms with van der Waals surface area (Å²) in [6.45, 7) is 5.01. The number of aryl methyl sites for hydroxylation is 1. The third kappa shape index (κ3) is 4.23. The maximum Gasteiger partial charge on any atom is 0.225 e. The molecule has 1 aromatic heterocycles. The van der Waals surface area contributed by atoms with E-state index in [1.807, 2.05) is 26.0 Å². The van der Waals surface area contributed by atoms with E-state index in [2.05, 4.69) is 0 Å². The molecule has 0 saturated carbocycles. The Balaban J connectivity index is 2.46. The minimum absolute atomic E-state index is 0.0274. The molecule has 17 heavy (non-hydrogen) atoms. The van der Waals surface area contributed by atoms with Crippen molar-refractivity contribution in [2.24, 2.45) is 11.7 Å². The first-order chi connectivity index (χ1) is 8.04. The van der Waals surface area contributed by atoms with Crippen LogP contribution in [0.2, 0.25) is 0 Å². The Kier molecular flexibility index (Phi) is 5.22. The van der Waals surface area contributed by atoms with Crippen LogP contribution in [0, 0.1) is 12.8 Å². The van der Waals surface area contributed by atoms with Gasteiger partial charge in [0.25, 0.3) is 0 Å². The molecule has 0 spiro atoms. The van der Waals surface area contributed by atoms with E-state index in [1.54, 1.807) is 11.9 Å². The van der Waals surface area contributed by atoms with Crippen molar-refractivity contribution in [1.82, 2.24) is 4.90 Å². The maximum atomic E-state index is 12.0. The van der Waals surface area contributed by atoms with Crippen molar-refractivity contribution in [3.8, 4) is 0 Å². The molecule has 1 unspecified atom stereocenters. The van der Waals surface area contributed by atoms with Gasteiger partial charge in [0.05, 0.1) is 6.54 Å². The van der Waals surface area contributed by atoms with E-state index in [4.69, 9.17) is 10.2 Å². The van der Waals surface area contributed by atoms with Crippen molar-refractivity contribution in [2.45, 2.75) is 33.2 Å². The van der Waals surface area contributed by atoms with Crippen LogP contribution in [-0.2, 0) is 11.3 Å². The van der Waals surface area contributed by atoms with Crippen LogP contribution in [0.15, 0.2) is 16.5 Å². The van der Waals surface area contributed by atoms with Gasteiger partial charge in [-0.3, -0.25) is 4.79 Å². The fraction of sp³-hybridized carbons (Fsp3) is 0.615. The highest BCUT2D eigenvalue weighted by Crippen LogP contribution is 2.13. The van der Waals surface area contributed by atoms with E-state index in [9.17, 15) is 4.79 Å². The van der Waals surface area contributed by atoms with Gasteiger partial charge in [0.15, 0.2) is 0 Å². The molecule has 4 nitrogen and oxygen atoms in total. The second kappa shape index (κ2) is 6.45. The van der Waals surface area contributed by atoms with E-state index in [0.29, 0.717) is 13.1 Å². The monoisotopic (exact) mass is 238 g/mol. The summed E-state index contributed by atoms with van der Waals surface area (Å²) in [6, 6.07) is 3.81. The number of carbonyl (C=O) groups excluding carboxylic acids is 1. The summed E-state index contributed by atoms with van der Waals surface area (Å²) >= 11 is 0. The normalized spacial score (nSPS) is 12.5.